The second-order valence-corrected chi connectivity index (χ2v) is 7.43. The minimum Gasteiger partial charge on any atom is -0.496 e. The Morgan fingerprint density at radius 1 is 1.23 bits per heavy atom. The van der Waals surface area contributed by atoms with Crippen LogP contribution in [-0.4, -0.2) is 55.8 Å². The van der Waals surface area contributed by atoms with Crippen molar-refractivity contribution in [1.82, 2.24) is 0 Å². The average molecular weight is 415 g/mol. The fraction of sp³-hybridized carbons (Fsp3) is 0.409. The molecule has 1 aliphatic carbocycles. The molecule has 8 heteroatoms. The lowest BCUT2D eigenvalue weighted by Crippen LogP contribution is -2.44. The van der Waals surface area contributed by atoms with E-state index in [1.165, 1.54) is 14.2 Å². The molecule has 0 amide bonds. The van der Waals surface area contributed by atoms with E-state index in [1.54, 1.807) is 12.1 Å². The van der Waals surface area contributed by atoms with Gasteiger partial charge in [0.1, 0.15) is 36.1 Å². The summed E-state index contributed by atoms with van der Waals surface area (Å²) in [6.45, 7) is 0.637. The molecule has 4 N–H and O–H groups in total. The highest BCUT2D eigenvalue weighted by molar-refractivity contribution is 5.77. The van der Waals surface area contributed by atoms with Gasteiger partial charge >= 0.3 is 5.97 Å². The number of carbonyl (C=O) groups is 1. The molecule has 2 aromatic carbocycles. The normalized spacial score (nSPS) is 29.0. The minimum atomic E-state index is -1.87. The third kappa shape index (κ3) is 2.91. The monoisotopic (exact) mass is 415 g/mol. The number of rotatable bonds is 6. The van der Waals surface area contributed by atoms with Gasteiger partial charge in [-0.2, -0.15) is 0 Å². The number of esters is 1. The number of hydrogen-bond donors (Lipinski definition) is 3. The molecule has 0 aromatic heterocycles. The van der Waals surface area contributed by atoms with Crippen LogP contribution in [0.1, 0.15) is 17.0 Å². The number of ether oxygens (including phenoxy) is 4. The number of aliphatic hydroxyl groups excluding tert-OH is 1. The second kappa shape index (κ2) is 7.79. The summed E-state index contributed by atoms with van der Waals surface area (Å²) in [5.41, 5.74) is 4.68. The van der Waals surface area contributed by atoms with Crippen molar-refractivity contribution in [3.8, 4) is 17.2 Å². The fourth-order valence-corrected chi connectivity index (χ4v) is 4.63. The van der Waals surface area contributed by atoms with Gasteiger partial charge in [0.2, 0.25) is 0 Å². The van der Waals surface area contributed by atoms with Crippen LogP contribution in [0.25, 0.3) is 0 Å². The van der Waals surface area contributed by atoms with Crippen LogP contribution in [0.15, 0.2) is 42.5 Å². The van der Waals surface area contributed by atoms with Crippen LogP contribution in [0.5, 0.6) is 17.2 Å². The Bertz CT molecular complexity index is 935. The van der Waals surface area contributed by atoms with E-state index >= 15 is 0 Å². The van der Waals surface area contributed by atoms with Crippen LogP contribution >= 0.6 is 0 Å². The Kier molecular flexibility index (Phi) is 5.31. The summed E-state index contributed by atoms with van der Waals surface area (Å²) in [6.07, 6.45) is -2.39. The van der Waals surface area contributed by atoms with Gasteiger partial charge in [-0.25, -0.2) is 0 Å². The van der Waals surface area contributed by atoms with Gasteiger partial charge in [0.15, 0.2) is 5.60 Å². The van der Waals surface area contributed by atoms with E-state index in [4.69, 9.17) is 24.7 Å². The van der Waals surface area contributed by atoms with Gasteiger partial charge in [-0.05, 0) is 5.56 Å². The smallest absolute Gasteiger partial charge is 0.312 e. The highest BCUT2D eigenvalue weighted by Crippen LogP contribution is 2.60. The third-order valence-electron chi connectivity index (χ3n) is 5.90. The highest BCUT2D eigenvalue weighted by Gasteiger charge is 2.69. The summed E-state index contributed by atoms with van der Waals surface area (Å²) in [5.74, 6) is -1.18. The zero-order valence-electron chi connectivity index (χ0n) is 16.8. The molecule has 1 saturated carbocycles. The van der Waals surface area contributed by atoms with E-state index in [-0.39, 0.29) is 5.56 Å². The first-order valence-corrected chi connectivity index (χ1v) is 9.72. The number of methoxy groups -OCH3 is 2. The summed E-state index contributed by atoms with van der Waals surface area (Å²) in [5, 5.41) is 22.9. The average Bonchev–Trinajstić information content (AvgIpc) is 3.19. The van der Waals surface area contributed by atoms with E-state index in [0.29, 0.717) is 30.4 Å². The number of nitrogens with two attached hydrogens (primary N) is 1. The molecule has 2 aliphatic rings. The zero-order chi connectivity index (χ0) is 21.5. The first kappa shape index (κ1) is 20.5. The summed E-state index contributed by atoms with van der Waals surface area (Å²) < 4.78 is 22.2. The van der Waals surface area contributed by atoms with Crippen molar-refractivity contribution in [2.75, 3.05) is 27.4 Å². The minimum absolute atomic E-state index is 0.287. The Morgan fingerprint density at radius 3 is 2.60 bits per heavy atom. The lowest BCUT2D eigenvalue weighted by atomic mass is 9.86. The van der Waals surface area contributed by atoms with Crippen LogP contribution < -0.4 is 19.9 Å². The predicted octanol–water partition coefficient (Wildman–Crippen LogP) is 0.929. The topological polar surface area (TPSA) is 120 Å². The molecule has 5 atom stereocenters. The summed E-state index contributed by atoms with van der Waals surface area (Å²) in [7, 11) is 2.71. The summed E-state index contributed by atoms with van der Waals surface area (Å²) >= 11 is 0. The van der Waals surface area contributed by atoms with Gasteiger partial charge in [0.05, 0.1) is 25.7 Å². The number of benzene rings is 2. The van der Waals surface area contributed by atoms with Crippen LogP contribution in [0.4, 0.5) is 0 Å². The van der Waals surface area contributed by atoms with Crippen molar-refractivity contribution < 1.29 is 34.0 Å². The van der Waals surface area contributed by atoms with Gasteiger partial charge in [0.25, 0.3) is 0 Å². The van der Waals surface area contributed by atoms with Crippen LogP contribution in [0.3, 0.4) is 0 Å². The first-order chi connectivity index (χ1) is 14.5. The van der Waals surface area contributed by atoms with E-state index in [2.05, 4.69) is 0 Å². The molecule has 8 nitrogen and oxygen atoms in total. The van der Waals surface area contributed by atoms with E-state index in [9.17, 15) is 15.0 Å². The van der Waals surface area contributed by atoms with Crippen molar-refractivity contribution in [1.29, 1.82) is 0 Å². The van der Waals surface area contributed by atoms with Crippen molar-refractivity contribution in [3.63, 3.8) is 0 Å². The van der Waals surface area contributed by atoms with E-state index < -0.39 is 35.6 Å². The summed E-state index contributed by atoms with van der Waals surface area (Å²) in [4.78, 5) is 12.6. The molecule has 0 bridgehead atoms. The second-order valence-electron chi connectivity index (χ2n) is 7.43. The van der Waals surface area contributed by atoms with E-state index in [0.717, 1.165) is 5.56 Å². The molecule has 3 unspecified atom stereocenters. The van der Waals surface area contributed by atoms with Crippen molar-refractivity contribution in [2.24, 2.45) is 11.7 Å². The molecule has 1 fully saturated rings. The Hall–Kier alpha value is -2.81. The fourth-order valence-electron chi connectivity index (χ4n) is 4.63. The first-order valence-electron chi connectivity index (χ1n) is 9.72. The molecule has 30 heavy (non-hydrogen) atoms. The number of hydrogen-bond acceptors (Lipinski definition) is 8. The Labute approximate surface area is 174 Å². The maximum Gasteiger partial charge on any atom is 0.312 e. The van der Waals surface area contributed by atoms with Gasteiger partial charge in [-0.3, -0.25) is 4.79 Å². The Balaban J connectivity index is 1.85. The largest absolute Gasteiger partial charge is 0.496 e. The SMILES string of the molecule is COC(=O)C1C(O)[C@@]2(O)c3c(OC)cc(OCCN)cc3OC2[C@@H]1c1ccccc1. The van der Waals surface area contributed by atoms with Crippen molar-refractivity contribution in [2.45, 2.75) is 23.7 Å². The number of fused-ring (bicyclic) bond motifs is 3. The number of carbonyl (C=O) groups excluding carboxylic acids is 1. The molecule has 160 valence electrons. The predicted molar refractivity (Wildman–Crippen MR) is 107 cm³/mol. The van der Waals surface area contributed by atoms with Crippen LogP contribution in [0.2, 0.25) is 0 Å². The van der Waals surface area contributed by atoms with E-state index in [1.807, 2.05) is 30.3 Å². The molecule has 1 heterocycles. The third-order valence-corrected chi connectivity index (χ3v) is 5.90. The molecular formula is C22H25NO7. The Morgan fingerprint density at radius 2 is 1.97 bits per heavy atom. The van der Waals surface area contributed by atoms with Gasteiger partial charge in [0, 0.05) is 24.6 Å². The molecule has 1 aliphatic heterocycles. The number of aliphatic hydroxyl groups is 2. The van der Waals surface area contributed by atoms with Gasteiger partial charge in [-0.1, -0.05) is 30.3 Å². The lowest BCUT2D eigenvalue weighted by Gasteiger charge is -2.27. The quantitative estimate of drug-likeness (QED) is 0.596. The molecule has 2 aromatic rings. The van der Waals surface area contributed by atoms with Crippen molar-refractivity contribution >= 4 is 5.97 Å². The highest BCUT2D eigenvalue weighted by atomic mass is 16.5. The maximum absolute atomic E-state index is 12.6. The van der Waals surface area contributed by atoms with Gasteiger partial charge in [-0.15, -0.1) is 0 Å². The standard InChI is InChI=1S/C22H25NO7/c1-27-14-10-13(29-9-8-23)11-15-18(14)22(26)19(24)17(21(25)28-2)16(20(22)30-15)12-6-4-3-5-7-12/h3-7,10-11,16-17,19-20,24,26H,8-9,23H2,1-2H3/t16-,17?,19?,20?,22+/m1/s1. The molecular weight excluding hydrogens is 390 g/mol. The van der Waals surface area contributed by atoms with Crippen LogP contribution in [-0.2, 0) is 15.1 Å². The maximum atomic E-state index is 12.6. The molecule has 0 spiro atoms. The van der Waals surface area contributed by atoms with Gasteiger partial charge < -0.3 is 34.9 Å². The molecule has 0 radical (unpaired) electrons. The van der Waals surface area contributed by atoms with Crippen LogP contribution in [0, 0.1) is 5.92 Å². The van der Waals surface area contributed by atoms with Crippen molar-refractivity contribution in [3.05, 3.63) is 53.6 Å². The lowest BCUT2D eigenvalue weighted by molar-refractivity contribution is -0.154. The summed E-state index contributed by atoms with van der Waals surface area (Å²) in [6, 6.07) is 12.4. The molecule has 4 rings (SSSR count). The zero-order valence-corrected chi connectivity index (χ0v) is 16.8. The molecule has 0 saturated heterocycles.